The summed E-state index contributed by atoms with van der Waals surface area (Å²) in [4.78, 5) is -1.82. The van der Waals surface area contributed by atoms with E-state index in [0.29, 0.717) is 12.8 Å². The molecule has 0 atom stereocenters. The molecule has 0 aliphatic carbocycles. The Morgan fingerprint density at radius 1 is 1.05 bits per heavy atom. The van der Waals surface area contributed by atoms with Gasteiger partial charge in [-0.1, -0.05) is 13.3 Å². The maximum atomic E-state index is 13.5. The zero-order valence-corrected chi connectivity index (χ0v) is 10.8. The monoisotopic (exact) mass is 300 g/mol. The van der Waals surface area contributed by atoms with Gasteiger partial charge in [-0.15, -0.1) is 0 Å². The van der Waals surface area contributed by atoms with Gasteiger partial charge in [0.25, 0.3) is 0 Å². The highest BCUT2D eigenvalue weighted by Crippen LogP contribution is 2.30. The van der Waals surface area contributed by atoms with E-state index in [0.717, 1.165) is 0 Å². The molecule has 0 saturated heterocycles. The van der Waals surface area contributed by atoms with Crippen molar-refractivity contribution in [2.24, 2.45) is 5.14 Å². The second-order valence-corrected chi connectivity index (χ2v) is 5.28. The molecular weight excluding hydrogens is 288 g/mol. The SMILES string of the molecule is CCCCNc1c(F)c(F)c(S(N)(=O)=O)c(F)c1F. The number of nitrogens with one attached hydrogen (secondary N) is 1. The van der Waals surface area contributed by atoms with Gasteiger partial charge < -0.3 is 5.32 Å². The number of benzene rings is 1. The van der Waals surface area contributed by atoms with E-state index in [-0.39, 0.29) is 6.54 Å². The molecule has 0 fully saturated rings. The van der Waals surface area contributed by atoms with Crippen LogP contribution in [-0.2, 0) is 10.0 Å². The fourth-order valence-electron chi connectivity index (χ4n) is 1.41. The van der Waals surface area contributed by atoms with Crippen LogP contribution in [0.25, 0.3) is 0 Å². The van der Waals surface area contributed by atoms with E-state index in [1.165, 1.54) is 0 Å². The molecule has 0 saturated carbocycles. The van der Waals surface area contributed by atoms with Crippen LogP contribution in [0.1, 0.15) is 19.8 Å². The van der Waals surface area contributed by atoms with Gasteiger partial charge in [0.15, 0.2) is 28.2 Å². The minimum atomic E-state index is -4.91. The normalized spacial score (nSPS) is 11.7. The Hall–Kier alpha value is -1.35. The topological polar surface area (TPSA) is 72.2 Å². The minimum Gasteiger partial charge on any atom is -0.380 e. The largest absolute Gasteiger partial charge is 0.380 e. The first-order valence-electron chi connectivity index (χ1n) is 5.34. The summed E-state index contributed by atoms with van der Waals surface area (Å²) in [6.45, 7) is 1.89. The van der Waals surface area contributed by atoms with Gasteiger partial charge in [0, 0.05) is 6.54 Å². The number of hydrogen-bond donors (Lipinski definition) is 2. The molecule has 0 bridgehead atoms. The van der Waals surface area contributed by atoms with Crippen molar-refractivity contribution in [3.8, 4) is 0 Å². The maximum absolute atomic E-state index is 13.5. The Balaban J connectivity index is 3.40. The quantitative estimate of drug-likeness (QED) is 0.497. The molecule has 0 heterocycles. The molecule has 1 aromatic carbocycles. The molecule has 0 aromatic heterocycles. The molecule has 0 amide bonds. The number of sulfonamides is 1. The Bertz CT molecular complexity index is 561. The summed E-state index contributed by atoms with van der Waals surface area (Å²) >= 11 is 0. The van der Waals surface area contributed by atoms with Gasteiger partial charge in [0.2, 0.25) is 10.0 Å². The summed E-state index contributed by atoms with van der Waals surface area (Å²) in [6.07, 6.45) is 1.20. The molecule has 4 nitrogen and oxygen atoms in total. The predicted octanol–water partition coefficient (Wildman–Crippen LogP) is 2.10. The molecule has 108 valence electrons. The average Bonchev–Trinajstić information content (AvgIpc) is 2.29. The maximum Gasteiger partial charge on any atom is 0.244 e. The lowest BCUT2D eigenvalue weighted by molar-refractivity contribution is 0.423. The number of unbranched alkanes of at least 4 members (excludes halogenated alkanes) is 1. The third-order valence-corrected chi connectivity index (χ3v) is 3.27. The summed E-state index contributed by atoms with van der Waals surface area (Å²) < 4.78 is 75.6. The lowest BCUT2D eigenvalue weighted by atomic mass is 10.2. The molecule has 0 spiro atoms. The summed E-state index contributed by atoms with van der Waals surface area (Å²) in [5.74, 6) is -7.72. The predicted molar refractivity (Wildman–Crippen MR) is 61.0 cm³/mol. The highest BCUT2D eigenvalue weighted by Gasteiger charge is 2.31. The Morgan fingerprint density at radius 2 is 1.53 bits per heavy atom. The van der Waals surface area contributed by atoms with Gasteiger partial charge >= 0.3 is 0 Å². The van der Waals surface area contributed by atoms with Gasteiger partial charge in [0.1, 0.15) is 5.69 Å². The van der Waals surface area contributed by atoms with Crippen molar-refractivity contribution >= 4 is 15.7 Å². The van der Waals surface area contributed by atoms with Crippen LogP contribution in [-0.4, -0.2) is 15.0 Å². The van der Waals surface area contributed by atoms with E-state index in [1.54, 1.807) is 6.92 Å². The van der Waals surface area contributed by atoms with E-state index in [4.69, 9.17) is 0 Å². The molecule has 0 radical (unpaired) electrons. The molecule has 0 unspecified atom stereocenters. The number of rotatable bonds is 5. The molecule has 1 rings (SSSR count). The lowest BCUT2D eigenvalue weighted by Crippen LogP contribution is -2.20. The summed E-state index contributed by atoms with van der Waals surface area (Å²) in [5, 5.41) is 6.68. The van der Waals surface area contributed by atoms with Crippen molar-refractivity contribution in [2.45, 2.75) is 24.7 Å². The number of hydrogen-bond acceptors (Lipinski definition) is 3. The standard InChI is InChI=1S/C10H12F4N2O2S/c1-2-3-4-16-9-5(11)7(13)10(19(15,17)18)8(14)6(9)12/h16H,2-4H2,1H3,(H2,15,17,18). The second-order valence-electron chi connectivity index (χ2n) is 3.79. The van der Waals surface area contributed by atoms with E-state index in [2.05, 4.69) is 10.5 Å². The van der Waals surface area contributed by atoms with Crippen LogP contribution >= 0.6 is 0 Å². The van der Waals surface area contributed by atoms with Gasteiger partial charge in [-0.25, -0.2) is 31.1 Å². The van der Waals surface area contributed by atoms with Crippen molar-refractivity contribution in [1.82, 2.24) is 0 Å². The average molecular weight is 300 g/mol. The molecule has 9 heteroatoms. The van der Waals surface area contributed by atoms with E-state index in [9.17, 15) is 26.0 Å². The van der Waals surface area contributed by atoms with Gasteiger partial charge in [0.05, 0.1) is 0 Å². The summed E-state index contributed by atoms with van der Waals surface area (Å²) in [6, 6.07) is 0. The zero-order valence-electron chi connectivity index (χ0n) is 9.94. The van der Waals surface area contributed by atoms with Crippen molar-refractivity contribution in [1.29, 1.82) is 0 Å². The van der Waals surface area contributed by atoms with Crippen LogP contribution in [0, 0.1) is 23.3 Å². The van der Waals surface area contributed by atoms with Gasteiger partial charge in [-0.3, -0.25) is 0 Å². The van der Waals surface area contributed by atoms with Crippen molar-refractivity contribution in [3.05, 3.63) is 23.3 Å². The third-order valence-electron chi connectivity index (χ3n) is 2.34. The van der Waals surface area contributed by atoms with Crippen molar-refractivity contribution in [2.75, 3.05) is 11.9 Å². The lowest BCUT2D eigenvalue weighted by Gasteiger charge is -2.12. The smallest absolute Gasteiger partial charge is 0.244 e. The summed E-state index contributed by atoms with van der Waals surface area (Å²) in [7, 11) is -4.91. The fourth-order valence-corrected chi connectivity index (χ4v) is 2.09. The third kappa shape index (κ3) is 3.16. The Kier molecular flexibility index (Phi) is 4.75. The van der Waals surface area contributed by atoms with Crippen LogP contribution in [0.3, 0.4) is 0 Å². The first kappa shape index (κ1) is 15.7. The Morgan fingerprint density at radius 3 is 1.89 bits per heavy atom. The zero-order chi connectivity index (χ0) is 14.8. The minimum absolute atomic E-state index is 0.0813. The van der Waals surface area contributed by atoms with Gasteiger partial charge in [-0.2, -0.15) is 0 Å². The number of anilines is 1. The van der Waals surface area contributed by atoms with Gasteiger partial charge in [-0.05, 0) is 6.42 Å². The molecule has 1 aromatic rings. The first-order valence-corrected chi connectivity index (χ1v) is 6.89. The summed E-state index contributed by atoms with van der Waals surface area (Å²) in [5.41, 5.74) is -1.05. The molecule has 3 N–H and O–H groups in total. The van der Waals surface area contributed by atoms with E-state index in [1.807, 2.05) is 0 Å². The number of halogens is 4. The highest BCUT2D eigenvalue weighted by atomic mass is 32.2. The molecule has 19 heavy (non-hydrogen) atoms. The molecule has 0 aliphatic heterocycles. The van der Waals surface area contributed by atoms with Crippen LogP contribution in [0.4, 0.5) is 23.2 Å². The number of primary sulfonamides is 1. The first-order chi connectivity index (χ1) is 8.71. The molecule has 0 aliphatic rings. The second kappa shape index (κ2) is 5.74. The van der Waals surface area contributed by atoms with Crippen LogP contribution < -0.4 is 10.5 Å². The Labute approximate surface area is 107 Å². The van der Waals surface area contributed by atoms with Crippen LogP contribution in [0.2, 0.25) is 0 Å². The van der Waals surface area contributed by atoms with Crippen LogP contribution in [0.15, 0.2) is 4.90 Å². The van der Waals surface area contributed by atoms with Crippen molar-refractivity contribution in [3.63, 3.8) is 0 Å². The van der Waals surface area contributed by atoms with E-state index < -0.39 is 43.9 Å². The highest BCUT2D eigenvalue weighted by molar-refractivity contribution is 7.89. The van der Waals surface area contributed by atoms with Crippen molar-refractivity contribution < 1.29 is 26.0 Å². The van der Waals surface area contributed by atoms with Crippen LogP contribution in [0.5, 0.6) is 0 Å². The van der Waals surface area contributed by atoms with E-state index >= 15 is 0 Å². The number of nitrogens with two attached hydrogens (primary N) is 1. The fraction of sp³-hybridized carbons (Fsp3) is 0.400. The molecular formula is C10H12F4N2O2S.